The molecule has 40 heavy (non-hydrogen) atoms. The Balaban J connectivity index is 1.61. The van der Waals surface area contributed by atoms with E-state index in [0.717, 1.165) is 11.1 Å². The van der Waals surface area contributed by atoms with Crippen LogP contribution in [0.1, 0.15) is 31.9 Å². The lowest BCUT2D eigenvalue weighted by molar-refractivity contribution is -0.152. The van der Waals surface area contributed by atoms with E-state index in [1.165, 1.54) is 9.80 Å². The molecule has 2 heterocycles. The molecule has 206 valence electrons. The largest absolute Gasteiger partial charge is 0.463 e. The number of halogens is 1. The van der Waals surface area contributed by atoms with Crippen molar-refractivity contribution in [2.75, 3.05) is 16.4 Å². The summed E-state index contributed by atoms with van der Waals surface area (Å²) in [6, 6.07) is 14.2. The van der Waals surface area contributed by atoms with Crippen LogP contribution < -0.4 is 9.80 Å². The van der Waals surface area contributed by atoms with Crippen LogP contribution in [0.2, 0.25) is 0 Å². The molecular weight excluding hydrogens is 576 g/mol. The van der Waals surface area contributed by atoms with Gasteiger partial charge in [0.1, 0.15) is 0 Å². The molecule has 2 aromatic rings. The number of carbonyl (C=O) groups excluding carboxylic acids is 5. The molecule has 4 amide bonds. The lowest BCUT2D eigenvalue weighted by atomic mass is 9.43. The molecule has 7 rings (SSSR count). The number of allylic oxidation sites excluding steroid dienone is 1. The maximum Gasteiger partial charge on any atom is 0.334 e. The van der Waals surface area contributed by atoms with Crippen LogP contribution in [0, 0.1) is 42.9 Å². The van der Waals surface area contributed by atoms with Crippen molar-refractivity contribution in [2.24, 2.45) is 29.1 Å². The van der Waals surface area contributed by atoms with Crippen molar-refractivity contribution in [1.29, 1.82) is 0 Å². The van der Waals surface area contributed by atoms with Crippen molar-refractivity contribution in [2.45, 2.75) is 38.9 Å². The number of alkyl halides is 1. The number of ether oxygens (including phenoxy) is 1. The third-order valence-electron chi connectivity index (χ3n) is 9.49. The highest BCUT2D eigenvalue weighted by atomic mass is 79.9. The quantitative estimate of drug-likeness (QED) is 0.294. The Kier molecular flexibility index (Phi) is 5.79. The summed E-state index contributed by atoms with van der Waals surface area (Å²) in [5.41, 5.74) is 1.55. The number of para-hydroxylation sites is 2. The molecule has 6 atom stereocenters. The molecule has 2 bridgehead atoms. The number of benzene rings is 2. The van der Waals surface area contributed by atoms with E-state index in [1.54, 1.807) is 45.0 Å². The minimum Gasteiger partial charge on any atom is -0.463 e. The van der Waals surface area contributed by atoms with Gasteiger partial charge >= 0.3 is 5.97 Å². The predicted octanol–water partition coefficient (Wildman–Crippen LogP) is 4.26. The van der Waals surface area contributed by atoms with Crippen LogP contribution in [0.25, 0.3) is 0 Å². The summed E-state index contributed by atoms with van der Waals surface area (Å²) in [4.78, 5) is 73.2. The van der Waals surface area contributed by atoms with Crippen molar-refractivity contribution in [3.05, 3.63) is 70.8 Å². The Labute approximate surface area is 240 Å². The highest BCUT2D eigenvalue weighted by Crippen LogP contribution is 2.72. The van der Waals surface area contributed by atoms with Crippen molar-refractivity contribution >= 4 is 56.9 Å². The second-order valence-electron chi connectivity index (χ2n) is 11.3. The van der Waals surface area contributed by atoms with Gasteiger partial charge in [0.05, 0.1) is 46.0 Å². The molecule has 3 fully saturated rings. The van der Waals surface area contributed by atoms with E-state index in [2.05, 4.69) is 15.9 Å². The van der Waals surface area contributed by atoms with Crippen LogP contribution in [0.4, 0.5) is 11.4 Å². The van der Waals surface area contributed by atoms with Crippen LogP contribution in [-0.2, 0) is 28.7 Å². The van der Waals surface area contributed by atoms with Gasteiger partial charge in [-0.15, -0.1) is 0 Å². The lowest BCUT2D eigenvalue weighted by Crippen LogP contribution is -2.67. The van der Waals surface area contributed by atoms with Crippen LogP contribution in [-0.4, -0.2) is 40.5 Å². The van der Waals surface area contributed by atoms with Crippen molar-refractivity contribution in [3.63, 3.8) is 0 Å². The summed E-state index contributed by atoms with van der Waals surface area (Å²) < 4.78 is 4.01. The number of rotatable bonds is 4. The van der Waals surface area contributed by atoms with Gasteiger partial charge in [-0.25, -0.2) is 14.6 Å². The van der Waals surface area contributed by atoms with Gasteiger partial charge in [-0.1, -0.05) is 59.3 Å². The van der Waals surface area contributed by atoms with Crippen LogP contribution in [0.3, 0.4) is 0 Å². The molecule has 0 N–H and O–H groups in total. The summed E-state index contributed by atoms with van der Waals surface area (Å²) >= 11 is 3.80. The Hall–Kier alpha value is -3.59. The maximum absolute atomic E-state index is 14.4. The van der Waals surface area contributed by atoms with E-state index in [9.17, 15) is 24.0 Å². The fourth-order valence-corrected chi connectivity index (χ4v) is 8.95. The number of hydrogen-bond donors (Lipinski definition) is 0. The van der Waals surface area contributed by atoms with Gasteiger partial charge < -0.3 is 4.74 Å². The molecule has 0 spiro atoms. The maximum atomic E-state index is 14.4. The predicted molar refractivity (Wildman–Crippen MR) is 150 cm³/mol. The van der Waals surface area contributed by atoms with Gasteiger partial charge in [-0.05, 0) is 56.5 Å². The van der Waals surface area contributed by atoms with Gasteiger partial charge in [0.15, 0.2) is 0 Å². The van der Waals surface area contributed by atoms with Gasteiger partial charge in [0, 0.05) is 11.0 Å². The molecule has 0 aromatic heterocycles. The highest BCUT2D eigenvalue weighted by Gasteiger charge is 2.81. The van der Waals surface area contributed by atoms with E-state index in [0.29, 0.717) is 16.9 Å². The lowest BCUT2D eigenvalue weighted by Gasteiger charge is -2.59. The first-order valence-corrected chi connectivity index (χ1v) is 14.2. The molecule has 8 nitrogen and oxygen atoms in total. The summed E-state index contributed by atoms with van der Waals surface area (Å²) in [5.74, 6) is -6.65. The van der Waals surface area contributed by atoms with Gasteiger partial charge in [-0.2, -0.15) is 0 Å². The number of amides is 4. The third kappa shape index (κ3) is 2.99. The SMILES string of the molecule is CCOC(=O)C1=C(C)C2(Br)[C@@H]3C(=O)N(c4ccccc4C)C(=O)C3C1(C)[C@H]1C(=O)N(c3ccccc3C)C(=O)[C@H]12. The van der Waals surface area contributed by atoms with Crippen molar-refractivity contribution in [1.82, 2.24) is 0 Å². The average molecular weight is 605 g/mol. The van der Waals surface area contributed by atoms with Crippen LogP contribution in [0.5, 0.6) is 0 Å². The molecule has 2 aliphatic heterocycles. The number of aryl methyl sites for hydroxylation is 2. The fraction of sp³-hybridized carbons (Fsp3) is 0.387. The van der Waals surface area contributed by atoms with Gasteiger partial charge in [-0.3, -0.25) is 19.2 Å². The van der Waals surface area contributed by atoms with Crippen molar-refractivity contribution < 1.29 is 28.7 Å². The monoisotopic (exact) mass is 604 g/mol. The van der Waals surface area contributed by atoms with Crippen molar-refractivity contribution in [3.8, 4) is 0 Å². The minimum atomic E-state index is -1.46. The summed E-state index contributed by atoms with van der Waals surface area (Å²) in [7, 11) is 0. The number of nitrogens with zero attached hydrogens (tertiary/aromatic N) is 2. The molecule has 3 unspecified atom stereocenters. The number of anilines is 2. The Morgan fingerprint density at radius 1 is 0.775 bits per heavy atom. The molecule has 9 heteroatoms. The zero-order valence-electron chi connectivity index (χ0n) is 22.9. The van der Waals surface area contributed by atoms with Crippen LogP contribution in [0.15, 0.2) is 59.7 Å². The normalized spacial score (nSPS) is 32.6. The zero-order valence-corrected chi connectivity index (χ0v) is 24.4. The molecule has 2 aromatic carbocycles. The average Bonchev–Trinajstić information content (AvgIpc) is 3.34. The van der Waals surface area contributed by atoms with Gasteiger partial charge in [0.2, 0.25) is 23.6 Å². The fourth-order valence-electron chi connectivity index (χ4n) is 7.83. The first-order valence-electron chi connectivity index (χ1n) is 13.4. The van der Waals surface area contributed by atoms with E-state index in [-0.39, 0.29) is 12.2 Å². The first-order chi connectivity index (χ1) is 18.9. The van der Waals surface area contributed by atoms with Crippen LogP contribution >= 0.6 is 15.9 Å². The van der Waals surface area contributed by atoms with Gasteiger partial charge in [0.25, 0.3) is 0 Å². The minimum absolute atomic E-state index is 0.0909. The number of imide groups is 2. The summed E-state index contributed by atoms with van der Waals surface area (Å²) in [6.07, 6.45) is 0. The van der Waals surface area contributed by atoms with E-state index >= 15 is 0 Å². The summed E-state index contributed by atoms with van der Waals surface area (Å²) in [6.45, 7) is 8.78. The van der Waals surface area contributed by atoms with E-state index in [4.69, 9.17) is 4.74 Å². The third-order valence-corrected chi connectivity index (χ3v) is 11.1. The Morgan fingerprint density at radius 2 is 1.18 bits per heavy atom. The summed E-state index contributed by atoms with van der Waals surface area (Å²) in [5, 5.41) is 0. The number of carbonyl (C=O) groups is 5. The zero-order chi connectivity index (χ0) is 28.9. The topological polar surface area (TPSA) is 101 Å². The standard InChI is InChI=1S/C31H29BrN2O6/c1-6-40-29(39)20-17(4)31(32)23-21(25(35)33(27(23)37)18-13-9-7-11-15(18)2)30(20,5)22-24(31)28(38)34(26(22)36)19-14-10-8-12-16(19)3/h7-14,21-24H,6H2,1-5H3/t21-,22?,23+,24+,30?,31?/m1/s1. The molecule has 3 aliphatic carbocycles. The van der Waals surface area contributed by atoms with E-state index < -0.39 is 63.0 Å². The second-order valence-corrected chi connectivity index (χ2v) is 12.6. The molecular formula is C31H29BrN2O6. The second kappa shape index (κ2) is 8.70. The molecule has 5 aliphatic rings. The molecule has 2 saturated heterocycles. The van der Waals surface area contributed by atoms with E-state index in [1.807, 2.05) is 38.1 Å². The smallest absolute Gasteiger partial charge is 0.334 e. The number of esters is 1. The molecule has 0 radical (unpaired) electrons. The Bertz CT molecular complexity index is 1490. The number of hydrogen-bond acceptors (Lipinski definition) is 6. The Morgan fingerprint density at radius 3 is 1.57 bits per heavy atom. The highest BCUT2D eigenvalue weighted by molar-refractivity contribution is 9.10. The first kappa shape index (κ1) is 26.6. The molecule has 1 saturated carbocycles.